The molecular formula is C16H19F3N2O2S. The lowest BCUT2D eigenvalue weighted by Gasteiger charge is -2.21. The molecule has 8 heteroatoms. The smallest absolute Gasteiger partial charge is 0.342 e. The van der Waals surface area contributed by atoms with Crippen molar-refractivity contribution in [3.8, 4) is 0 Å². The molecule has 1 saturated heterocycles. The number of rotatable bonds is 2. The van der Waals surface area contributed by atoms with Gasteiger partial charge in [0.25, 0.3) is 5.24 Å². The second-order valence-electron chi connectivity index (χ2n) is 6.60. The Morgan fingerprint density at radius 3 is 2.54 bits per heavy atom. The van der Waals surface area contributed by atoms with Gasteiger partial charge in [0.15, 0.2) is 0 Å². The van der Waals surface area contributed by atoms with E-state index in [1.54, 1.807) is 0 Å². The molecule has 1 fully saturated rings. The van der Waals surface area contributed by atoms with Crippen LogP contribution < -0.4 is 10.2 Å². The highest BCUT2D eigenvalue weighted by Gasteiger charge is 2.37. The van der Waals surface area contributed by atoms with Crippen molar-refractivity contribution in [3.63, 3.8) is 0 Å². The molecule has 2 rings (SSSR count). The van der Waals surface area contributed by atoms with Gasteiger partial charge in [-0.05, 0) is 45.4 Å². The summed E-state index contributed by atoms with van der Waals surface area (Å²) in [5.41, 5.74) is -1.00. The van der Waals surface area contributed by atoms with Crippen molar-refractivity contribution in [2.45, 2.75) is 44.2 Å². The van der Waals surface area contributed by atoms with Crippen LogP contribution in [0, 0.1) is 0 Å². The van der Waals surface area contributed by atoms with Gasteiger partial charge < -0.3 is 10.2 Å². The van der Waals surface area contributed by atoms with Crippen LogP contribution in [0.3, 0.4) is 0 Å². The maximum absolute atomic E-state index is 12.8. The van der Waals surface area contributed by atoms with E-state index < -0.39 is 22.5 Å². The number of halogens is 3. The van der Waals surface area contributed by atoms with Gasteiger partial charge in [0.2, 0.25) is 5.91 Å². The minimum atomic E-state index is -4.46. The quantitative estimate of drug-likeness (QED) is 0.866. The van der Waals surface area contributed by atoms with Gasteiger partial charge in [-0.2, -0.15) is 13.2 Å². The van der Waals surface area contributed by atoms with E-state index in [1.165, 1.54) is 17.0 Å². The molecule has 0 radical (unpaired) electrons. The third kappa shape index (κ3) is 4.66. The molecule has 0 aliphatic carbocycles. The Hall–Kier alpha value is -1.70. The fourth-order valence-electron chi connectivity index (χ4n) is 2.33. The average Bonchev–Trinajstić information content (AvgIpc) is 2.77. The molecule has 1 aliphatic heterocycles. The van der Waals surface area contributed by atoms with Crippen molar-refractivity contribution in [3.05, 3.63) is 29.8 Å². The van der Waals surface area contributed by atoms with Crippen molar-refractivity contribution < 1.29 is 22.8 Å². The summed E-state index contributed by atoms with van der Waals surface area (Å²) in [5.74, 6) is -0.344. The van der Waals surface area contributed by atoms with Gasteiger partial charge in [0.1, 0.15) is 0 Å². The SMILES string of the molecule is CC(C)(C)NC(=O)SC1CCN(c2cccc(C(F)(F)F)c2)C1=O. The topological polar surface area (TPSA) is 49.4 Å². The number of carbonyl (C=O) groups is 2. The number of anilines is 1. The Kier molecular flexibility index (Phi) is 5.17. The molecule has 2 amide bonds. The summed E-state index contributed by atoms with van der Waals surface area (Å²) in [6.07, 6.45) is -4.04. The van der Waals surface area contributed by atoms with E-state index in [0.717, 1.165) is 23.9 Å². The molecule has 0 bridgehead atoms. The molecule has 0 spiro atoms. The van der Waals surface area contributed by atoms with E-state index in [4.69, 9.17) is 0 Å². The van der Waals surface area contributed by atoms with Crippen LogP contribution in [0.25, 0.3) is 0 Å². The van der Waals surface area contributed by atoms with Crippen LogP contribution in [0.1, 0.15) is 32.8 Å². The number of alkyl halides is 3. The van der Waals surface area contributed by atoms with Gasteiger partial charge in [-0.25, -0.2) is 0 Å². The fraction of sp³-hybridized carbons (Fsp3) is 0.500. The van der Waals surface area contributed by atoms with Crippen molar-refractivity contribution in [2.24, 2.45) is 0 Å². The first-order chi connectivity index (χ1) is 11.0. The third-order valence-electron chi connectivity index (χ3n) is 3.37. The number of hydrogen-bond acceptors (Lipinski definition) is 3. The molecule has 4 nitrogen and oxygen atoms in total. The van der Waals surface area contributed by atoms with Crippen LogP contribution in [-0.2, 0) is 11.0 Å². The second kappa shape index (κ2) is 6.66. The minimum Gasteiger partial charge on any atom is -0.342 e. The first kappa shape index (κ1) is 18.6. The zero-order valence-corrected chi connectivity index (χ0v) is 14.4. The monoisotopic (exact) mass is 360 g/mol. The Morgan fingerprint density at radius 1 is 1.29 bits per heavy atom. The molecule has 0 aromatic heterocycles. The normalized spacial score (nSPS) is 18.8. The molecule has 132 valence electrons. The van der Waals surface area contributed by atoms with Crippen LogP contribution >= 0.6 is 11.8 Å². The minimum absolute atomic E-state index is 0.203. The molecule has 1 atom stereocenters. The van der Waals surface area contributed by atoms with E-state index in [9.17, 15) is 22.8 Å². The van der Waals surface area contributed by atoms with Crippen molar-refractivity contribution in [1.82, 2.24) is 5.32 Å². The number of amides is 2. The number of hydrogen-bond donors (Lipinski definition) is 1. The summed E-state index contributed by atoms with van der Waals surface area (Å²) in [5, 5.41) is 1.86. The summed E-state index contributed by atoms with van der Waals surface area (Å²) < 4.78 is 38.4. The van der Waals surface area contributed by atoms with Gasteiger partial charge in [-0.1, -0.05) is 17.8 Å². The number of nitrogens with one attached hydrogen (secondary N) is 1. The van der Waals surface area contributed by atoms with Crippen molar-refractivity contribution in [1.29, 1.82) is 0 Å². The Balaban J connectivity index is 2.08. The predicted octanol–water partition coefficient (Wildman–Crippen LogP) is 4.05. The third-order valence-corrected chi connectivity index (χ3v) is 4.41. The molecule has 1 aromatic rings. The summed E-state index contributed by atoms with van der Waals surface area (Å²) in [6.45, 7) is 5.78. The summed E-state index contributed by atoms with van der Waals surface area (Å²) >= 11 is 0.887. The lowest BCUT2D eigenvalue weighted by Crippen LogP contribution is -2.39. The fourth-order valence-corrected chi connectivity index (χ4v) is 3.41. The summed E-state index contributed by atoms with van der Waals surface area (Å²) in [4.78, 5) is 25.6. The number of nitrogens with zero attached hydrogens (tertiary/aromatic N) is 1. The van der Waals surface area contributed by atoms with E-state index in [1.807, 2.05) is 20.8 Å². The highest BCUT2D eigenvalue weighted by Crippen LogP contribution is 2.34. The molecule has 0 saturated carbocycles. The second-order valence-corrected chi connectivity index (χ2v) is 7.77. The zero-order valence-electron chi connectivity index (χ0n) is 13.6. The van der Waals surface area contributed by atoms with Crippen LogP contribution in [0.4, 0.5) is 23.7 Å². The van der Waals surface area contributed by atoms with Crippen LogP contribution in [0.2, 0.25) is 0 Å². The largest absolute Gasteiger partial charge is 0.416 e. The van der Waals surface area contributed by atoms with Crippen molar-refractivity contribution >= 4 is 28.6 Å². The zero-order chi connectivity index (χ0) is 18.1. The Labute approximate surface area is 142 Å². The first-order valence-corrected chi connectivity index (χ1v) is 8.33. The average molecular weight is 360 g/mol. The lowest BCUT2D eigenvalue weighted by molar-refractivity contribution is -0.137. The first-order valence-electron chi connectivity index (χ1n) is 7.45. The Morgan fingerprint density at radius 2 is 1.96 bits per heavy atom. The van der Waals surface area contributed by atoms with Crippen molar-refractivity contribution in [2.75, 3.05) is 11.4 Å². The molecule has 1 aromatic carbocycles. The molecule has 24 heavy (non-hydrogen) atoms. The predicted molar refractivity (Wildman–Crippen MR) is 88.1 cm³/mol. The Bertz CT molecular complexity index is 641. The van der Waals surface area contributed by atoms with E-state index in [2.05, 4.69) is 5.32 Å². The van der Waals surface area contributed by atoms with Crippen LogP contribution in [0.5, 0.6) is 0 Å². The summed E-state index contributed by atoms with van der Waals surface area (Å²) in [7, 11) is 0. The van der Waals surface area contributed by atoms with Gasteiger partial charge in [-0.3, -0.25) is 9.59 Å². The van der Waals surface area contributed by atoms with Gasteiger partial charge >= 0.3 is 6.18 Å². The molecule has 1 aliphatic rings. The van der Waals surface area contributed by atoms with Gasteiger partial charge in [0.05, 0.1) is 10.8 Å². The molecule has 1 heterocycles. The van der Waals surface area contributed by atoms with Gasteiger partial charge in [0, 0.05) is 17.8 Å². The van der Waals surface area contributed by atoms with Gasteiger partial charge in [-0.15, -0.1) is 0 Å². The summed E-state index contributed by atoms with van der Waals surface area (Å²) in [6, 6.07) is 4.67. The maximum Gasteiger partial charge on any atom is 0.416 e. The standard InChI is InChI=1S/C16H19F3N2O2S/c1-15(2,3)20-14(23)24-12-7-8-21(13(12)22)11-6-4-5-10(9-11)16(17,18)19/h4-6,9,12H,7-8H2,1-3H3,(H,20,23). The lowest BCUT2D eigenvalue weighted by atomic mass is 10.1. The van der Waals surface area contributed by atoms with Crippen LogP contribution in [0.15, 0.2) is 24.3 Å². The number of thioether (sulfide) groups is 1. The number of carbonyl (C=O) groups excluding carboxylic acids is 2. The maximum atomic E-state index is 12.8. The molecular weight excluding hydrogens is 341 g/mol. The molecule has 1 N–H and O–H groups in total. The van der Waals surface area contributed by atoms with E-state index in [0.29, 0.717) is 13.0 Å². The number of benzene rings is 1. The highest BCUT2D eigenvalue weighted by atomic mass is 32.2. The highest BCUT2D eigenvalue weighted by molar-refractivity contribution is 8.14. The van der Waals surface area contributed by atoms with E-state index in [-0.39, 0.29) is 16.8 Å². The van der Waals surface area contributed by atoms with Crippen LogP contribution in [-0.4, -0.2) is 28.5 Å². The van der Waals surface area contributed by atoms with E-state index >= 15 is 0 Å². The molecule has 1 unspecified atom stereocenters.